The SMILES string of the molecule is CCC(CN)CC(=O)NCCCc1cn[nH]c1C. The lowest BCUT2D eigenvalue weighted by atomic mass is 10.0. The highest BCUT2D eigenvalue weighted by Gasteiger charge is 2.09. The van der Waals surface area contributed by atoms with E-state index in [4.69, 9.17) is 5.73 Å². The Balaban J connectivity index is 2.14. The Hall–Kier alpha value is -1.36. The van der Waals surface area contributed by atoms with Crippen LogP contribution in [0.5, 0.6) is 0 Å². The third kappa shape index (κ3) is 4.87. The van der Waals surface area contributed by atoms with Gasteiger partial charge in [0.2, 0.25) is 5.91 Å². The summed E-state index contributed by atoms with van der Waals surface area (Å²) < 4.78 is 0. The lowest BCUT2D eigenvalue weighted by molar-refractivity contribution is -0.121. The first-order valence-corrected chi connectivity index (χ1v) is 6.63. The highest BCUT2D eigenvalue weighted by atomic mass is 16.1. The van der Waals surface area contributed by atoms with Crippen LogP contribution in [-0.4, -0.2) is 29.2 Å². The first-order chi connectivity index (χ1) is 8.67. The van der Waals surface area contributed by atoms with Gasteiger partial charge in [-0.1, -0.05) is 13.3 Å². The van der Waals surface area contributed by atoms with Crippen molar-refractivity contribution >= 4 is 5.91 Å². The van der Waals surface area contributed by atoms with Crippen LogP contribution in [0.1, 0.15) is 37.4 Å². The molecule has 1 rings (SSSR count). The van der Waals surface area contributed by atoms with Crippen LogP contribution in [0.25, 0.3) is 0 Å². The summed E-state index contributed by atoms with van der Waals surface area (Å²) in [6.07, 6.45) is 5.22. The largest absolute Gasteiger partial charge is 0.356 e. The van der Waals surface area contributed by atoms with Gasteiger partial charge < -0.3 is 11.1 Å². The normalized spacial score (nSPS) is 12.4. The fraction of sp³-hybridized carbons (Fsp3) is 0.692. The van der Waals surface area contributed by atoms with Crippen LogP contribution in [0.2, 0.25) is 0 Å². The molecule has 0 radical (unpaired) electrons. The van der Waals surface area contributed by atoms with Gasteiger partial charge in [0.05, 0.1) is 6.20 Å². The molecule has 1 aromatic heterocycles. The van der Waals surface area contributed by atoms with Gasteiger partial charge in [-0.2, -0.15) is 5.10 Å². The molecule has 5 nitrogen and oxygen atoms in total. The first-order valence-electron chi connectivity index (χ1n) is 6.63. The zero-order chi connectivity index (χ0) is 13.4. The van der Waals surface area contributed by atoms with Crippen molar-refractivity contribution in [3.8, 4) is 0 Å². The van der Waals surface area contributed by atoms with E-state index in [1.807, 2.05) is 13.1 Å². The van der Waals surface area contributed by atoms with Crippen LogP contribution in [0.4, 0.5) is 0 Å². The second-order valence-corrected chi connectivity index (χ2v) is 4.69. The second kappa shape index (κ2) is 7.87. The second-order valence-electron chi connectivity index (χ2n) is 4.69. The van der Waals surface area contributed by atoms with E-state index in [0.717, 1.165) is 25.0 Å². The van der Waals surface area contributed by atoms with Gasteiger partial charge in [-0.25, -0.2) is 0 Å². The molecule has 1 unspecified atom stereocenters. The topological polar surface area (TPSA) is 83.8 Å². The van der Waals surface area contributed by atoms with Crippen molar-refractivity contribution in [2.45, 2.75) is 39.5 Å². The molecule has 0 aliphatic rings. The van der Waals surface area contributed by atoms with Crippen LogP contribution in [0, 0.1) is 12.8 Å². The summed E-state index contributed by atoms with van der Waals surface area (Å²) >= 11 is 0. The summed E-state index contributed by atoms with van der Waals surface area (Å²) in [5.74, 6) is 0.414. The van der Waals surface area contributed by atoms with Crippen molar-refractivity contribution in [2.24, 2.45) is 11.7 Å². The summed E-state index contributed by atoms with van der Waals surface area (Å²) in [6, 6.07) is 0. The lowest BCUT2D eigenvalue weighted by Crippen LogP contribution is -2.28. The Kier molecular flexibility index (Phi) is 6.43. The molecule has 0 saturated heterocycles. The zero-order valence-electron chi connectivity index (χ0n) is 11.3. The fourth-order valence-electron chi connectivity index (χ4n) is 1.86. The number of nitrogens with two attached hydrogens (primary N) is 1. The first kappa shape index (κ1) is 14.7. The minimum Gasteiger partial charge on any atom is -0.356 e. The maximum atomic E-state index is 11.6. The Labute approximate surface area is 109 Å². The summed E-state index contributed by atoms with van der Waals surface area (Å²) in [5.41, 5.74) is 7.90. The van der Waals surface area contributed by atoms with Gasteiger partial charge in [-0.05, 0) is 37.8 Å². The monoisotopic (exact) mass is 252 g/mol. The minimum absolute atomic E-state index is 0.108. The maximum absolute atomic E-state index is 11.6. The van der Waals surface area contributed by atoms with E-state index in [0.29, 0.717) is 25.4 Å². The third-order valence-electron chi connectivity index (χ3n) is 3.26. The number of rotatable bonds is 8. The molecule has 0 spiro atoms. The highest BCUT2D eigenvalue weighted by Crippen LogP contribution is 2.06. The van der Waals surface area contributed by atoms with Crippen molar-refractivity contribution in [3.63, 3.8) is 0 Å². The van der Waals surface area contributed by atoms with Crippen molar-refractivity contribution in [1.29, 1.82) is 0 Å². The molecular formula is C13H24N4O. The number of nitrogens with one attached hydrogen (secondary N) is 2. The fourth-order valence-corrected chi connectivity index (χ4v) is 1.86. The molecule has 102 valence electrons. The molecule has 5 heteroatoms. The van der Waals surface area contributed by atoms with E-state index in [9.17, 15) is 4.79 Å². The van der Waals surface area contributed by atoms with Crippen LogP contribution in [-0.2, 0) is 11.2 Å². The number of amides is 1. The molecular weight excluding hydrogens is 228 g/mol. The number of H-pyrrole nitrogens is 1. The standard InChI is InChI=1S/C13H24N4O/c1-3-11(8-14)7-13(18)15-6-4-5-12-9-16-17-10(12)2/h9,11H,3-8,14H2,1-2H3,(H,15,18)(H,16,17). The van der Waals surface area contributed by atoms with E-state index >= 15 is 0 Å². The third-order valence-corrected chi connectivity index (χ3v) is 3.26. The predicted octanol–water partition coefficient (Wildman–Crippen LogP) is 1.14. The Morgan fingerprint density at radius 1 is 1.61 bits per heavy atom. The van der Waals surface area contributed by atoms with Crippen LogP contribution in [0.15, 0.2) is 6.20 Å². The minimum atomic E-state index is 0.108. The van der Waals surface area contributed by atoms with E-state index in [1.165, 1.54) is 5.56 Å². The molecule has 0 aromatic carbocycles. The molecule has 1 heterocycles. The molecule has 1 atom stereocenters. The van der Waals surface area contributed by atoms with Gasteiger partial charge in [-0.15, -0.1) is 0 Å². The molecule has 0 bridgehead atoms. The number of carbonyl (C=O) groups is 1. The van der Waals surface area contributed by atoms with Crippen LogP contribution in [0.3, 0.4) is 0 Å². The molecule has 0 saturated carbocycles. The Bertz CT molecular complexity index is 358. The average Bonchev–Trinajstić information content (AvgIpc) is 2.77. The Morgan fingerprint density at radius 3 is 2.94 bits per heavy atom. The van der Waals surface area contributed by atoms with Gasteiger partial charge in [0.25, 0.3) is 0 Å². The summed E-state index contributed by atoms with van der Waals surface area (Å²) in [7, 11) is 0. The molecule has 18 heavy (non-hydrogen) atoms. The molecule has 0 aliphatic carbocycles. The van der Waals surface area contributed by atoms with E-state index in [2.05, 4.69) is 22.4 Å². The molecule has 4 N–H and O–H groups in total. The van der Waals surface area contributed by atoms with Gasteiger partial charge >= 0.3 is 0 Å². The van der Waals surface area contributed by atoms with Crippen molar-refractivity contribution in [3.05, 3.63) is 17.5 Å². The van der Waals surface area contributed by atoms with Crippen molar-refractivity contribution in [2.75, 3.05) is 13.1 Å². The van der Waals surface area contributed by atoms with Crippen molar-refractivity contribution < 1.29 is 4.79 Å². The number of hydrogen-bond donors (Lipinski definition) is 3. The van der Waals surface area contributed by atoms with Gasteiger partial charge in [0.1, 0.15) is 0 Å². The average molecular weight is 252 g/mol. The van der Waals surface area contributed by atoms with Crippen LogP contribution < -0.4 is 11.1 Å². The summed E-state index contributed by atoms with van der Waals surface area (Å²) in [4.78, 5) is 11.6. The highest BCUT2D eigenvalue weighted by molar-refractivity contribution is 5.76. The van der Waals surface area contributed by atoms with E-state index in [-0.39, 0.29) is 5.91 Å². The number of hydrogen-bond acceptors (Lipinski definition) is 3. The summed E-state index contributed by atoms with van der Waals surface area (Å²) in [6.45, 7) is 5.36. The predicted molar refractivity (Wildman–Crippen MR) is 72.1 cm³/mol. The van der Waals surface area contributed by atoms with Crippen LogP contribution >= 0.6 is 0 Å². The number of aromatic nitrogens is 2. The van der Waals surface area contributed by atoms with Gasteiger partial charge in [0, 0.05) is 18.7 Å². The van der Waals surface area contributed by atoms with E-state index in [1.54, 1.807) is 0 Å². The Morgan fingerprint density at radius 2 is 2.39 bits per heavy atom. The quantitative estimate of drug-likeness (QED) is 0.607. The molecule has 0 fully saturated rings. The van der Waals surface area contributed by atoms with Crippen molar-refractivity contribution in [1.82, 2.24) is 15.5 Å². The number of aryl methyl sites for hydroxylation is 2. The molecule has 1 amide bonds. The molecule has 0 aliphatic heterocycles. The number of nitrogens with zero attached hydrogens (tertiary/aromatic N) is 1. The number of carbonyl (C=O) groups excluding carboxylic acids is 1. The summed E-state index contributed by atoms with van der Waals surface area (Å²) in [5, 5.41) is 9.82. The number of aromatic amines is 1. The molecule has 1 aromatic rings. The smallest absolute Gasteiger partial charge is 0.220 e. The maximum Gasteiger partial charge on any atom is 0.220 e. The zero-order valence-corrected chi connectivity index (χ0v) is 11.3. The van der Waals surface area contributed by atoms with Gasteiger partial charge in [0.15, 0.2) is 0 Å². The van der Waals surface area contributed by atoms with Gasteiger partial charge in [-0.3, -0.25) is 9.89 Å². The lowest BCUT2D eigenvalue weighted by Gasteiger charge is -2.11. The van der Waals surface area contributed by atoms with E-state index < -0.39 is 0 Å².